The summed E-state index contributed by atoms with van der Waals surface area (Å²) < 4.78 is 9.99. The van der Waals surface area contributed by atoms with E-state index in [0.29, 0.717) is 10.6 Å². The first-order valence-corrected chi connectivity index (χ1v) is 6.31. The minimum atomic E-state index is -1.15. The normalized spacial score (nSPS) is 11.6. The Morgan fingerprint density at radius 3 is 2.89 bits per heavy atom. The van der Waals surface area contributed by atoms with E-state index >= 15 is 0 Å². The van der Waals surface area contributed by atoms with Crippen LogP contribution in [0.25, 0.3) is 0 Å². The summed E-state index contributed by atoms with van der Waals surface area (Å²) in [6.45, 7) is 3.56. The van der Waals surface area contributed by atoms with Crippen molar-refractivity contribution in [3.63, 3.8) is 0 Å². The quantitative estimate of drug-likeness (QED) is 0.552. The molecule has 2 N–H and O–H groups in total. The van der Waals surface area contributed by atoms with E-state index in [2.05, 4.69) is 11.9 Å². The third-order valence-corrected chi connectivity index (χ3v) is 3.07. The Kier molecular flexibility index (Phi) is 6.04. The van der Waals surface area contributed by atoms with Crippen molar-refractivity contribution in [2.75, 3.05) is 20.3 Å². The fourth-order valence-corrected chi connectivity index (χ4v) is 1.98. The first-order chi connectivity index (χ1) is 9.08. The number of amides is 1. The molecule has 1 atom stereocenters. The fourth-order valence-electron chi connectivity index (χ4n) is 1.22. The number of carbonyl (C=O) groups excluding carboxylic acids is 1. The van der Waals surface area contributed by atoms with Crippen LogP contribution in [-0.4, -0.2) is 43.3 Å². The minimum absolute atomic E-state index is 0.115. The highest BCUT2D eigenvalue weighted by atomic mass is 32.1. The van der Waals surface area contributed by atoms with Crippen molar-refractivity contribution in [1.82, 2.24) is 5.32 Å². The predicted octanol–water partition coefficient (Wildman–Crippen LogP) is 1.14. The van der Waals surface area contributed by atoms with Crippen LogP contribution in [0, 0.1) is 0 Å². The standard InChI is InChI=1S/C12H15NO5S/c1-3-4-18-6-9(12(15)16)13-11(14)10-5-8(17-2)7-19-10/h3,5,7,9H,1,4,6H2,2H3,(H,13,14)(H,15,16). The van der Waals surface area contributed by atoms with Crippen LogP contribution in [-0.2, 0) is 9.53 Å². The van der Waals surface area contributed by atoms with Gasteiger partial charge in [-0.1, -0.05) is 6.08 Å². The van der Waals surface area contributed by atoms with Crippen molar-refractivity contribution in [1.29, 1.82) is 0 Å². The Morgan fingerprint density at radius 2 is 2.37 bits per heavy atom. The maximum absolute atomic E-state index is 11.8. The molecule has 0 fully saturated rings. The zero-order chi connectivity index (χ0) is 14.3. The molecule has 0 aliphatic heterocycles. The van der Waals surface area contributed by atoms with Gasteiger partial charge in [0.25, 0.3) is 5.91 Å². The van der Waals surface area contributed by atoms with Crippen molar-refractivity contribution in [2.24, 2.45) is 0 Å². The molecular formula is C12H15NO5S. The summed E-state index contributed by atoms with van der Waals surface area (Å²) in [6, 6.07) is 0.448. The molecule has 0 saturated carbocycles. The number of hydrogen-bond donors (Lipinski definition) is 2. The van der Waals surface area contributed by atoms with Crippen molar-refractivity contribution in [3.05, 3.63) is 29.0 Å². The Labute approximate surface area is 114 Å². The van der Waals surface area contributed by atoms with Crippen LogP contribution in [0.2, 0.25) is 0 Å². The maximum atomic E-state index is 11.8. The van der Waals surface area contributed by atoms with Gasteiger partial charge in [-0.2, -0.15) is 0 Å². The number of thiophene rings is 1. The lowest BCUT2D eigenvalue weighted by Gasteiger charge is -2.13. The van der Waals surface area contributed by atoms with Crippen LogP contribution in [0.1, 0.15) is 9.67 Å². The lowest BCUT2D eigenvalue weighted by molar-refractivity contribution is -0.140. The third kappa shape index (κ3) is 4.72. The summed E-state index contributed by atoms with van der Waals surface area (Å²) in [5.74, 6) is -1.06. The second-order valence-electron chi connectivity index (χ2n) is 3.54. The van der Waals surface area contributed by atoms with E-state index < -0.39 is 17.9 Å². The smallest absolute Gasteiger partial charge is 0.328 e. The summed E-state index contributed by atoms with van der Waals surface area (Å²) in [5.41, 5.74) is 0. The highest BCUT2D eigenvalue weighted by molar-refractivity contribution is 7.12. The van der Waals surface area contributed by atoms with Gasteiger partial charge in [-0.25, -0.2) is 4.79 Å². The third-order valence-electron chi connectivity index (χ3n) is 2.16. The number of methoxy groups -OCH3 is 1. The fraction of sp³-hybridized carbons (Fsp3) is 0.333. The maximum Gasteiger partial charge on any atom is 0.328 e. The number of carboxylic acid groups (broad SMARTS) is 1. The summed E-state index contributed by atoms with van der Waals surface area (Å²) >= 11 is 1.18. The van der Waals surface area contributed by atoms with Crippen LogP contribution in [0.3, 0.4) is 0 Å². The summed E-state index contributed by atoms with van der Waals surface area (Å²) in [5, 5.41) is 13.0. The van der Waals surface area contributed by atoms with E-state index in [1.807, 2.05) is 0 Å². The Hall–Kier alpha value is -1.86. The Morgan fingerprint density at radius 1 is 1.63 bits per heavy atom. The van der Waals surface area contributed by atoms with Crippen LogP contribution in [0.15, 0.2) is 24.1 Å². The monoisotopic (exact) mass is 285 g/mol. The van der Waals surface area contributed by atoms with Gasteiger partial charge < -0.3 is 19.9 Å². The zero-order valence-electron chi connectivity index (χ0n) is 10.4. The molecule has 104 valence electrons. The topological polar surface area (TPSA) is 84.9 Å². The van der Waals surface area contributed by atoms with Crippen molar-refractivity contribution in [2.45, 2.75) is 6.04 Å². The van der Waals surface area contributed by atoms with Gasteiger partial charge >= 0.3 is 5.97 Å². The Bertz CT molecular complexity index is 457. The molecule has 1 aromatic heterocycles. The van der Waals surface area contributed by atoms with Gasteiger partial charge in [0.15, 0.2) is 6.04 Å². The average Bonchev–Trinajstić information content (AvgIpc) is 2.86. The largest absolute Gasteiger partial charge is 0.496 e. The second-order valence-corrected chi connectivity index (χ2v) is 4.45. The SMILES string of the molecule is C=CCOCC(NC(=O)c1cc(OC)cs1)C(=O)O. The van der Waals surface area contributed by atoms with Gasteiger partial charge in [0.1, 0.15) is 5.75 Å². The van der Waals surface area contributed by atoms with E-state index in [1.54, 1.807) is 11.4 Å². The van der Waals surface area contributed by atoms with Crippen LogP contribution in [0.4, 0.5) is 0 Å². The molecule has 7 heteroatoms. The van der Waals surface area contributed by atoms with E-state index in [9.17, 15) is 9.59 Å². The van der Waals surface area contributed by atoms with E-state index in [-0.39, 0.29) is 13.2 Å². The zero-order valence-corrected chi connectivity index (χ0v) is 11.2. The van der Waals surface area contributed by atoms with Gasteiger partial charge in [-0.3, -0.25) is 4.79 Å². The lowest BCUT2D eigenvalue weighted by atomic mass is 10.3. The number of aliphatic carboxylic acids is 1. The highest BCUT2D eigenvalue weighted by Crippen LogP contribution is 2.20. The Balaban J connectivity index is 2.60. The van der Waals surface area contributed by atoms with E-state index in [4.69, 9.17) is 14.6 Å². The molecule has 6 nitrogen and oxygen atoms in total. The molecule has 1 amide bonds. The molecule has 1 heterocycles. The van der Waals surface area contributed by atoms with Gasteiger partial charge in [0.2, 0.25) is 0 Å². The molecule has 0 aliphatic carbocycles. The summed E-state index contributed by atoms with van der Waals surface area (Å²) in [4.78, 5) is 23.2. The van der Waals surface area contributed by atoms with E-state index in [1.165, 1.54) is 24.5 Å². The number of rotatable bonds is 8. The minimum Gasteiger partial charge on any atom is -0.496 e. The predicted molar refractivity (Wildman–Crippen MR) is 70.8 cm³/mol. The average molecular weight is 285 g/mol. The van der Waals surface area contributed by atoms with Crippen LogP contribution in [0.5, 0.6) is 5.75 Å². The summed E-state index contributed by atoms with van der Waals surface area (Å²) in [7, 11) is 1.49. The first kappa shape index (κ1) is 15.2. The molecular weight excluding hydrogens is 270 g/mol. The molecule has 0 bridgehead atoms. The van der Waals surface area contributed by atoms with E-state index in [0.717, 1.165) is 0 Å². The van der Waals surface area contributed by atoms with Crippen LogP contribution >= 0.6 is 11.3 Å². The number of ether oxygens (including phenoxy) is 2. The van der Waals surface area contributed by atoms with Gasteiger partial charge in [-0.05, 0) is 0 Å². The van der Waals surface area contributed by atoms with Crippen molar-refractivity contribution < 1.29 is 24.2 Å². The number of hydrogen-bond acceptors (Lipinski definition) is 5. The molecule has 0 radical (unpaired) electrons. The second kappa shape index (κ2) is 7.55. The highest BCUT2D eigenvalue weighted by Gasteiger charge is 2.21. The van der Waals surface area contributed by atoms with Gasteiger partial charge in [0, 0.05) is 11.4 Å². The van der Waals surface area contributed by atoms with Crippen LogP contribution < -0.4 is 10.1 Å². The van der Waals surface area contributed by atoms with Gasteiger partial charge in [-0.15, -0.1) is 17.9 Å². The summed E-state index contributed by atoms with van der Waals surface area (Å²) in [6.07, 6.45) is 1.50. The number of nitrogens with one attached hydrogen (secondary N) is 1. The number of carboxylic acids is 1. The first-order valence-electron chi connectivity index (χ1n) is 5.43. The lowest BCUT2D eigenvalue weighted by Crippen LogP contribution is -2.43. The molecule has 19 heavy (non-hydrogen) atoms. The molecule has 1 unspecified atom stereocenters. The molecule has 0 spiro atoms. The molecule has 1 aromatic rings. The molecule has 0 aliphatic rings. The van der Waals surface area contributed by atoms with Crippen molar-refractivity contribution >= 4 is 23.2 Å². The number of carbonyl (C=O) groups is 2. The van der Waals surface area contributed by atoms with Gasteiger partial charge in [0.05, 0.1) is 25.2 Å². The van der Waals surface area contributed by atoms with Crippen molar-refractivity contribution in [3.8, 4) is 5.75 Å². The molecule has 1 rings (SSSR count). The molecule has 0 aromatic carbocycles. The molecule has 0 saturated heterocycles.